The quantitative estimate of drug-likeness (QED) is 0.886. The monoisotopic (exact) mass is 289 g/mol. The minimum absolute atomic E-state index is 0.171. The normalized spacial score (nSPS) is 12.0. The maximum atomic E-state index is 13.9. The molecule has 0 saturated heterocycles. The molecule has 21 heavy (non-hydrogen) atoms. The summed E-state index contributed by atoms with van der Waals surface area (Å²) in [5.74, 6) is 1.27. The van der Waals surface area contributed by atoms with E-state index in [2.05, 4.69) is 15.3 Å². The predicted molar refractivity (Wildman–Crippen MR) is 83.8 cm³/mol. The number of benzene rings is 1. The van der Waals surface area contributed by atoms with Crippen molar-refractivity contribution in [1.82, 2.24) is 9.97 Å². The molecule has 6 heteroatoms. The summed E-state index contributed by atoms with van der Waals surface area (Å²) < 4.78 is 13.9. The zero-order valence-corrected chi connectivity index (χ0v) is 12.5. The molecule has 0 saturated carbocycles. The lowest BCUT2D eigenvalue weighted by molar-refractivity contribution is 0.584. The lowest BCUT2D eigenvalue weighted by atomic mass is 10.1. The Morgan fingerprint density at radius 1 is 1.33 bits per heavy atom. The molecule has 0 fully saturated rings. The maximum Gasteiger partial charge on any atom is 0.223 e. The number of nitrogen functional groups attached to an aromatic ring is 1. The molecule has 1 aromatic heterocycles. The van der Waals surface area contributed by atoms with E-state index in [0.717, 1.165) is 6.54 Å². The number of nitrogens with one attached hydrogen (secondary N) is 1. The number of anilines is 3. The topological polar surface area (TPSA) is 67.1 Å². The SMILES string of the molecule is CCNc1cc(N(C)C(C)c2ccccc2F)nc(N)n1. The molecule has 3 N–H and O–H groups in total. The maximum absolute atomic E-state index is 13.9. The lowest BCUT2D eigenvalue weighted by Crippen LogP contribution is -2.24. The van der Waals surface area contributed by atoms with E-state index in [1.54, 1.807) is 18.2 Å². The number of nitrogens with two attached hydrogens (primary N) is 1. The zero-order valence-electron chi connectivity index (χ0n) is 12.5. The molecular weight excluding hydrogens is 269 g/mol. The molecule has 1 unspecified atom stereocenters. The van der Waals surface area contributed by atoms with Crippen LogP contribution in [-0.4, -0.2) is 23.6 Å². The van der Waals surface area contributed by atoms with Gasteiger partial charge < -0.3 is 16.0 Å². The molecule has 0 aliphatic heterocycles. The molecule has 1 aromatic carbocycles. The summed E-state index contributed by atoms with van der Waals surface area (Å²) in [5, 5.41) is 3.10. The predicted octanol–water partition coefficient (Wildman–Crippen LogP) is 2.83. The standard InChI is InChI=1S/C15H20FN5/c1-4-18-13-9-14(20-15(17)19-13)21(3)10(2)11-7-5-6-8-12(11)16/h5-10H,4H2,1-3H3,(H3,17,18,19,20). The Morgan fingerprint density at radius 3 is 2.71 bits per heavy atom. The third kappa shape index (κ3) is 3.39. The van der Waals surface area contributed by atoms with Crippen molar-refractivity contribution in [3.63, 3.8) is 0 Å². The van der Waals surface area contributed by atoms with Gasteiger partial charge in [0, 0.05) is 25.2 Å². The van der Waals surface area contributed by atoms with Gasteiger partial charge in [0.25, 0.3) is 0 Å². The van der Waals surface area contributed by atoms with E-state index < -0.39 is 0 Å². The van der Waals surface area contributed by atoms with Gasteiger partial charge in [-0.05, 0) is 19.9 Å². The highest BCUT2D eigenvalue weighted by Crippen LogP contribution is 2.27. The fraction of sp³-hybridized carbons (Fsp3) is 0.333. The molecular formula is C15H20FN5. The van der Waals surface area contributed by atoms with Crippen LogP contribution in [0.2, 0.25) is 0 Å². The summed E-state index contributed by atoms with van der Waals surface area (Å²) in [5.41, 5.74) is 6.35. The smallest absolute Gasteiger partial charge is 0.223 e. The van der Waals surface area contributed by atoms with Crippen LogP contribution < -0.4 is 16.0 Å². The van der Waals surface area contributed by atoms with Crippen molar-refractivity contribution < 1.29 is 4.39 Å². The van der Waals surface area contributed by atoms with Gasteiger partial charge >= 0.3 is 0 Å². The molecule has 0 aliphatic rings. The first-order valence-corrected chi connectivity index (χ1v) is 6.88. The van der Waals surface area contributed by atoms with Crippen LogP contribution >= 0.6 is 0 Å². The minimum Gasteiger partial charge on any atom is -0.370 e. The van der Waals surface area contributed by atoms with E-state index in [1.165, 1.54) is 6.07 Å². The number of halogens is 1. The Kier molecular flexibility index (Phi) is 4.57. The van der Waals surface area contributed by atoms with Gasteiger partial charge in [0.05, 0.1) is 6.04 Å². The Bertz CT molecular complexity index is 617. The van der Waals surface area contributed by atoms with E-state index in [1.807, 2.05) is 31.9 Å². The average molecular weight is 289 g/mol. The van der Waals surface area contributed by atoms with Crippen molar-refractivity contribution in [2.75, 3.05) is 29.5 Å². The van der Waals surface area contributed by atoms with Crippen molar-refractivity contribution in [3.05, 3.63) is 41.7 Å². The lowest BCUT2D eigenvalue weighted by Gasteiger charge is -2.27. The van der Waals surface area contributed by atoms with Gasteiger partial charge in [0.2, 0.25) is 5.95 Å². The first kappa shape index (κ1) is 15.0. The van der Waals surface area contributed by atoms with E-state index in [0.29, 0.717) is 17.2 Å². The van der Waals surface area contributed by atoms with Crippen molar-refractivity contribution in [3.8, 4) is 0 Å². The minimum atomic E-state index is -0.231. The van der Waals surface area contributed by atoms with Crippen LogP contribution in [0.15, 0.2) is 30.3 Å². The van der Waals surface area contributed by atoms with Gasteiger partial charge in [-0.3, -0.25) is 0 Å². The highest BCUT2D eigenvalue weighted by atomic mass is 19.1. The fourth-order valence-electron chi connectivity index (χ4n) is 2.13. The van der Waals surface area contributed by atoms with Gasteiger partial charge in [-0.2, -0.15) is 9.97 Å². The first-order valence-electron chi connectivity index (χ1n) is 6.88. The molecule has 0 radical (unpaired) electrons. The van der Waals surface area contributed by atoms with E-state index >= 15 is 0 Å². The van der Waals surface area contributed by atoms with Crippen LogP contribution in [-0.2, 0) is 0 Å². The Hall–Kier alpha value is -2.37. The zero-order chi connectivity index (χ0) is 15.4. The number of rotatable bonds is 5. The van der Waals surface area contributed by atoms with E-state index in [9.17, 15) is 4.39 Å². The van der Waals surface area contributed by atoms with Crippen molar-refractivity contribution in [2.24, 2.45) is 0 Å². The second kappa shape index (κ2) is 6.39. The van der Waals surface area contributed by atoms with E-state index in [-0.39, 0.29) is 17.8 Å². The second-order valence-corrected chi connectivity index (χ2v) is 4.81. The van der Waals surface area contributed by atoms with Gasteiger partial charge in [-0.25, -0.2) is 4.39 Å². The summed E-state index contributed by atoms with van der Waals surface area (Å²) in [4.78, 5) is 10.2. The van der Waals surface area contributed by atoms with Crippen molar-refractivity contribution in [2.45, 2.75) is 19.9 Å². The molecule has 1 heterocycles. The fourth-order valence-corrected chi connectivity index (χ4v) is 2.13. The summed E-state index contributed by atoms with van der Waals surface area (Å²) in [6, 6.07) is 8.36. The Balaban J connectivity index is 2.31. The molecule has 2 rings (SSSR count). The molecule has 112 valence electrons. The molecule has 0 spiro atoms. The van der Waals surface area contributed by atoms with Crippen molar-refractivity contribution >= 4 is 17.6 Å². The summed E-state index contributed by atoms with van der Waals surface area (Å²) in [6.07, 6.45) is 0. The third-order valence-corrected chi connectivity index (χ3v) is 3.39. The van der Waals surface area contributed by atoms with E-state index in [4.69, 9.17) is 5.73 Å². The molecule has 5 nitrogen and oxygen atoms in total. The highest BCUT2D eigenvalue weighted by Gasteiger charge is 2.17. The summed E-state index contributed by atoms with van der Waals surface area (Å²) >= 11 is 0. The van der Waals surface area contributed by atoms with Gasteiger partial charge in [-0.1, -0.05) is 18.2 Å². The Labute approximate surface area is 124 Å². The number of aromatic nitrogens is 2. The molecule has 0 amide bonds. The van der Waals surface area contributed by atoms with Crippen LogP contribution in [0.5, 0.6) is 0 Å². The molecule has 0 aliphatic carbocycles. The largest absolute Gasteiger partial charge is 0.370 e. The molecule has 1 atom stereocenters. The van der Waals surface area contributed by atoms with Gasteiger partial charge in [-0.15, -0.1) is 0 Å². The van der Waals surface area contributed by atoms with Crippen LogP contribution in [0.25, 0.3) is 0 Å². The third-order valence-electron chi connectivity index (χ3n) is 3.39. The van der Waals surface area contributed by atoms with Crippen LogP contribution in [0.1, 0.15) is 25.5 Å². The molecule has 0 bridgehead atoms. The van der Waals surface area contributed by atoms with Gasteiger partial charge in [0.15, 0.2) is 0 Å². The molecule has 2 aromatic rings. The van der Waals surface area contributed by atoms with Crippen LogP contribution in [0.4, 0.5) is 22.0 Å². The van der Waals surface area contributed by atoms with Crippen molar-refractivity contribution in [1.29, 1.82) is 0 Å². The average Bonchev–Trinajstić information content (AvgIpc) is 2.46. The van der Waals surface area contributed by atoms with Crippen LogP contribution in [0, 0.1) is 5.82 Å². The second-order valence-electron chi connectivity index (χ2n) is 4.81. The van der Waals surface area contributed by atoms with Crippen LogP contribution in [0.3, 0.4) is 0 Å². The first-order chi connectivity index (χ1) is 10.0. The summed E-state index contributed by atoms with van der Waals surface area (Å²) in [7, 11) is 1.86. The number of nitrogens with zero attached hydrogens (tertiary/aromatic N) is 3. The number of hydrogen-bond donors (Lipinski definition) is 2. The summed E-state index contributed by atoms with van der Waals surface area (Å²) in [6.45, 7) is 4.63. The Morgan fingerprint density at radius 2 is 2.05 bits per heavy atom. The van der Waals surface area contributed by atoms with Gasteiger partial charge in [0.1, 0.15) is 17.5 Å². The number of hydrogen-bond acceptors (Lipinski definition) is 5. The highest BCUT2D eigenvalue weighted by molar-refractivity contribution is 5.53.